The normalized spacial score (nSPS) is 10.3. The molecule has 2 N–H and O–H groups in total. The largest absolute Gasteiger partial charge is 0.465 e. The SMILES string of the molecule is COC(=O)c1cc(NC(=O)c2cc(-c3ccc(F)cc3)n[nH]2)cc(C(=O)OC)c1. The fourth-order valence-corrected chi connectivity index (χ4v) is 2.58. The van der Waals surface area contributed by atoms with Gasteiger partial charge in [0, 0.05) is 11.3 Å². The molecule has 9 heteroatoms. The van der Waals surface area contributed by atoms with Crippen molar-refractivity contribution in [1.29, 1.82) is 0 Å². The summed E-state index contributed by atoms with van der Waals surface area (Å²) in [5, 5.41) is 9.22. The Morgan fingerprint density at radius 1 is 0.931 bits per heavy atom. The first-order valence-electron chi connectivity index (χ1n) is 8.35. The molecular weight excluding hydrogens is 381 g/mol. The van der Waals surface area contributed by atoms with E-state index in [1.54, 1.807) is 0 Å². The number of H-pyrrole nitrogens is 1. The lowest BCUT2D eigenvalue weighted by Crippen LogP contribution is -2.14. The number of carbonyl (C=O) groups is 3. The number of hydrogen-bond acceptors (Lipinski definition) is 6. The van der Waals surface area contributed by atoms with Crippen LogP contribution in [0.4, 0.5) is 10.1 Å². The number of methoxy groups -OCH3 is 2. The summed E-state index contributed by atoms with van der Waals surface area (Å²) in [6.07, 6.45) is 0. The Labute approximate surface area is 164 Å². The van der Waals surface area contributed by atoms with E-state index in [0.717, 1.165) is 0 Å². The summed E-state index contributed by atoms with van der Waals surface area (Å²) in [7, 11) is 2.40. The van der Waals surface area contributed by atoms with Gasteiger partial charge in [0.2, 0.25) is 0 Å². The fourth-order valence-electron chi connectivity index (χ4n) is 2.58. The summed E-state index contributed by atoms with van der Waals surface area (Å²) < 4.78 is 22.4. The number of aromatic amines is 1. The highest BCUT2D eigenvalue weighted by Crippen LogP contribution is 2.20. The van der Waals surface area contributed by atoms with Gasteiger partial charge in [-0.05, 0) is 48.5 Å². The van der Waals surface area contributed by atoms with Crippen LogP contribution in [-0.2, 0) is 9.47 Å². The highest BCUT2D eigenvalue weighted by Gasteiger charge is 2.17. The molecule has 8 nitrogen and oxygen atoms in total. The number of nitrogens with zero attached hydrogens (tertiary/aromatic N) is 1. The van der Waals surface area contributed by atoms with Gasteiger partial charge >= 0.3 is 11.9 Å². The summed E-state index contributed by atoms with van der Waals surface area (Å²) in [6, 6.07) is 11.2. The molecular formula is C20H16FN3O5. The van der Waals surface area contributed by atoms with E-state index in [2.05, 4.69) is 25.0 Å². The fraction of sp³-hybridized carbons (Fsp3) is 0.100. The maximum absolute atomic E-state index is 13.1. The van der Waals surface area contributed by atoms with Crippen LogP contribution in [0.25, 0.3) is 11.3 Å². The summed E-state index contributed by atoms with van der Waals surface area (Å²) in [5.41, 5.74) is 1.55. The summed E-state index contributed by atoms with van der Waals surface area (Å²) in [5.74, 6) is -2.28. The average molecular weight is 397 g/mol. The molecule has 0 aliphatic carbocycles. The van der Waals surface area contributed by atoms with Crippen LogP contribution in [-0.4, -0.2) is 42.3 Å². The Morgan fingerprint density at radius 2 is 1.52 bits per heavy atom. The van der Waals surface area contributed by atoms with Gasteiger partial charge < -0.3 is 14.8 Å². The lowest BCUT2D eigenvalue weighted by molar-refractivity contribution is 0.0599. The van der Waals surface area contributed by atoms with Gasteiger partial charge in [-0.2, -0.15) is 5.10 Å². The van der Waals surface area contributed by atoms with Gasteiger partial charge in [0.25, 0.3) is 5.91 Å². The van der Waals surface area contributed by atoms with Crippen molar-refractivity contribution < 1.29 is 28.2 Å². The zero-order chi connectivity index (χ0) is 21.0. The Morgan fingerprint density at radius 3 is 2.07 bits per heavy atom. The first-order valence-corrected chi connectivity index (χ1v) is 8.35. The van der Waals surface area contributed by atoms with Crippen molar-refractivity contribution in [2.75, 3.05) is 19.5 Å². The first kappa shape index (κ1) is 19.7. The standard InChI is InChI=1S/C20H16FN3O5/c1-28-19(26)12-7-13(20(27)29-2)9-15(8-12)22-18(25)17-10-16(23-24-17)11-3-5-14(21)6-4-11/h3-10H,1-2H3,(H,22,25)(H,23,24). The number of anilines is 1. The van der Waals surface area contributed by atoms with Gasteiger partial charge in [0.15, 0.2) is 0 Å². The van der Waals surface area contributed by atoms with Crippen LogP contribution in [0.3, 0.4) is 0 Å². The molecule has 0 spiro atoms. The molecule has 0 radical (unpaired) electrons. The van der Waals surface area contributed by atoms with Crippen LogP contribution in [0, 0.1) is 5.82 Å². The second-order valence-corrected chi connectivity index (χ2v) is 5.91. The maximum Gasteiger partial charge on any atom is 0.337 e. The first-order chi connectivity index (χ1) is 13.9. The van der Waals surface area contributed by atoms with Crippen LogP contribution >= 0.6 is 0 Å². The molecule has 0 bridgehead atoms. The molecule has 148 valence electrons. The smallest absolute Gasteiger partial charge is 0.337 e. The molecule has 1 aromatic heterocycles. The van der Waals surface area contributed by atoms with Crippen molar-refractivity contribution in [3.8, 4) is 11.3 Å². The minimum absolute atomic E-state index is 0.0716. The zero-order valence-corrected chi connectivity index (χ0v) is 15.5. The van der Waals surface area contributed by atoms with Crippen LogP contribution in [0.15, 0.2) is 48.5 Å². The third-order valence-electron chi connectivity index (χ3n) is 4.00. The Kier molecular flexibility index (Phi) is 5.68. The molecule has 29 heavy (non-hydrogen) atoms. The maximum atomic E-state index is 13.1. The molecule has 0 atom stereocenters. The van der Waals surface area contributed by atoms with E-state index in [4.69, 9.17) is 0 Å². The van der Waals surface area contributed by atoms with Crippen molar-refractivity contribution in [3.05, 3.63) is 71.2 Å². The number of esters is 2. The van der Waals surface area contributed by atoms with Crippen molar-refractivity contribution in [2.45, 2.75) is 0 Å². The van der Waals surface area contributed by atoms with Crippen molar-refractivity contribution in [1.82, 2.24) is 10.2 Å². The zero-order valence-electron chi connectivity index (χ0n) is 15.5. The molecule has 0 unspecified atom stereocenters. The molecule has 3 rings (SSSR count). The van der Waals surface area contributed by atoms with Crippen molar-refractivity contribution in [2.24, 2.45) is 0 Å². The number of benzene rings is 2. The van der Waals surface area contributed by atoms with Crippen LogP contribution < -0.4 is 5.32 Å². The molecule has 1 heterocycles. The van der Waals surface area contributed by atoms with Gasteiger partial charge in [0.05, 0.1) is 31.0 Å². The van der Waals surface area contributed by atoms with E-state index in [0.29, 0.717) is 11.3 Å². The number of hydrogen-bond donors (Lipinski definition) is 2. The molecule has 0 saturated carbocycles. The second-order valence-electron chi connectivity index (χ2n) is 5.91. The third-order valence-corrected chi connectivity index (χ3v) is 4.00. The van der Waals surface area contributed by atoms with Crippen LogP contribution in [0.1, 0.15) is 31.2 Å². The number of carbonyl (C=O) groups excluding carboxylic acids is 3. The van der Waals surface area contributed by atoms with Gasteiger partial charge in [-0.15, -0.1) is 0 Å². The third kappa shape index (κ3) is 4.46. The summed E-state index contributed by atoms with van der Waals surface area (Å²) >= 11 is 0. The van der Waals surface area contributed by atoms with Crippen molar-refractivity contribution >= 4 is 23.5 Å². The van der Waals surface area contributed by atoms with E-state index in [1.807, 2.05) is 0 Å². The van der Waals surface area contributed by atoms with Crippen LogP contribution in [0.5, 0.6) is 0 Å². The van der Waals surface area contributed by atoms with E-state index < -0.39 is 17.8 Å². The highest BCUT2D eigenvalue weighted by molar-refractivity contribution is 6.05. The van der Waals surface area contributed by atoms with Gasteiger partial charge in [-0.25, -0.2) is 14.0 Å². The highest BCUT2D eigenvalue weighted by atomic mass is 19.1. The van der Waals surface area contributed by atoms with Gasteiger partial charge in [-0.3, -0.25) is 9.89 Å². The van der Waals surface area contributed by atoms with Crippen molar-refractivity contribution in [3.63, 3.8) is 0 Å². The Hall–Kier alpha value is -4.01. The second kappa shape index (κ2) is 8.34. The molecule has 0 fully saturated rings. The van der Waals surface area contributed by atoms with Gasteiger partial charge in [0.1, 0.15) is 11.5 Å². The quantitative estimate of drug-likeness (QED) is 0.641. The lowest BCUT2D eigenvalue weighted by Gasteiger charge is -2.09. The number of aromatic nitrogens is 2. The van der Waals surface area contributed by atoms with Gasteiger partial charge in [-0.1, -0.05) is 0 Å². The topological polar surface area (TPSA) is 110 Å². The molecule has 0 aliphatic rings. The predicted octanol–water partition coefficient (Wildman–Crippen LogP) is 3.04. The van der Waals surface area contributed by atoms with E-state index in [9.17, 15) is 18.8 Å². The molecule has 2 aromatic carbocycles. The van der Waals surface area contributed by atoms with E-state index in [-0.39, 0.29) is 28.3 Å². The molecule has 0 saturated heterocycles. The number of amides is 1. The molecule has 1 amide bonds. The predicted molar refractivity (Wildman–Crippen MR) is 101 cm³/mol. The van der Waals surface area contributed by atoms with E-state index >= 15 is 0 Å². The van der Waals surface area contributed by atoms with E-state index in [1.165, 1.54) is 62.8 Å². The average Bonchev–Trinajstić information content (AvgIpc) is 3.23. The molecule has 0 aliphatic heterocycles. The summed E-state index contributed by atoms with van der Waals surface area (Å²) in [4.78, 5) is 36.2. The Bertz CT molecular complexity index is 1040. The number of rotatable bonds is 5. The summed E-state index contributed by atoms with van der Waals surface area (Å²) in [6.45, 7) is 0. The number of ether oxygens (including phenoxy) is 2. The number of halogens is 1. The van der Waals surface area contributed by atoms with Crippen LogP contribution in [0.2, 0.25) is 0 Å². The lowest BCUT2D eigenvalue weighted by atomic mass is 10.1. The minimum atomic E-state index is -0.675. The Balaban J connectivity index is 1.85. The monoisotopic (exact) mass is 397 g/mol. The molecule has 3 aromatic rings. The number of nitrogens with one attached hydrogen (secondary N) is 2. The minimum Gasteiger partial charge on any atom is -0.465 e.